The Morgan fingerprint density at radius 3 is 2.54 bits per heavy atom. The number of esters is 2. The van der Waals surface area contributed by atoms with Crippen molar-refractivity contribution < 1.29 is 33.0 Å². The molecule has 0 saturated carbocycles. The number of benzene rings is 3. The number of carbonyl (C=O) groups excluding carboxylic acids is 2. The molecule has 5 rings (SSSR count). The van der Waals surface area contributed by atoms with Crippen LogP contribution in [0.25, 0.3) is 22.1 Å². The highest BCUT2D eigenvalue weighted by Crippen LogP contribution is 2.50. The van der Waals surface area contributed by atoms with Gasteiger partial charge in [-0.25, -0.2) is 9.59 Å². The molecular weight excluding hydrogens is 476 g/mol. The van der Waals surface area contributed by atoms with Crippen LogP contribution >= 0.6 is 0 Å². The van der Waals surface area contributed by atoms with Crippen molar-refractivity contribution in [3.8, 4) is 28.4 Å². The van der Waals surface area contributed by atoms with E-state index in [-0.39, 0.29) is 13.0 Å². The van der Waals surface area contributed by atoms with Crippen molar-refractivity contribution in [2.75, 3.05) is 20.8 Å². The minimum absolute atomic E-state index is 0.0402. The lowest BCUT2D eigenvalue weighted by molar-refractivity contribution is -0.143. The summed E-state index contributed by atoms with van der Waals surface area (Å²) >= 11 is 0. The predicted molar refractivity (Wildman–Crippen MR) is 135 cm³/mol. The molecule has 0 aliphatic carbocycles. The maximum absolute atomic E-state index is 13.0. The van der Waals surface area contributed by atoms with Gasteiger partial charge in [0, 0.05) is 28.7 Å². The zero-order valence-corrected chi connectivity index (χ0v) is 20.5. The van der Waals surface area contributed by atoms with Crippen LogP contribution in [0, 0.1) is 6.92 Å². The van der Waals surface area contributed by atoms with Gasteiger partial charge in [-0.15, -0.1) is 0 Å². The lowest BCUT2D eigenvalue weighted by atomic mass is 9.81. The zero-order valence-electron chi connectivity index (χ0n) is 20.5. The molecule has 8 heteroatoms. The van der Waals surface area contributed by atoms with Crippen LogP contribution in [-0.4, -0.2) is 32.8 Å². The summed E-state index contributed by atoms with van der Waals surface area (Å²) in [5.74, 6) is -0.388. The first kappa shape index (κ1) is 24.1. The molecule has 1 unspecified atom stereocenters. The van der Waals surface area contributed by atoms with Gasteiger partial charge in [-0.2, -0.15) is 0 Å². The molecule has 0 bridgehead atoms. The maximum atomic E-state index is 13.0. The fourth-order valence-electron chi connectivity index (χ4n) is 4.82. The summed E-state index contributed by atoms with van der Waals surface area (Å²) in [6, 6.07) is 17.9. The van der Waals surface area contributed by atoms with E-state index in [0.29, 0.717) is 39.3 Å². The minimum Gasteiger partial charge on any atom is -0.493 e. The largest absolute Gasteiger partial charge is 0.493 e. The van der Waals surface area contributed by atoms with E-state index in [9.17, 15) is 14.4 Å². The monoisotopic (exact) mass is 500 g/mol. The summed E-state index contributed by atoms with van der Waals surface area (Å²) in [6.07, 6.45) is 0.0402. The van der Waals surface area contributed by atoms with E-state index in [1.807, 2.05) is 43.3 Å². The molecule has 188 valence electrons. The summed E-state index contributed by atoms with van der Waals surface area (Å²) < 4.78 is 27.5. The second-order valence-electron chi connectivity index (χ2n) is 8.63. The van der Waals surface area contributed by atoms with Crippen molar-refractivity contribution in [1.82, 2.24) is 0 Å². The third-order valence-corrected chi connectivity index (χ3v) is 6.42. The van der Waals surface area contributed by atoms with Gasteiger partial charge in [-0.3, -0.25) is 4.79 Å². The molecule has 4 aromatic rings. The van der Waals surface area contributed by atoms with E-state index in [0.717, 1.165) is 16.7 Å². The van der Waals surface area contributed by atoms with Crippen molar-refractivity contribution in [2.45, 2.75) is 19.3 Å². The van der Waals surface area contributed by atoms with Gasteiger partial charge < -0.3 is 23.4 Å². The highest BCUT2D eigenvalue weighted by molar-refractivity contribution is 6.01. The zero-order chi connectivity index (χ0) is 26.1. The van der Waals surface area contributed by atoms with Crippen LogP contribution in [0.2, 0.25) is 0 Å². The van der Waals surface area contributed by atoms with Gasteiger partial charge in [0.1, 0.15) is 11.3 Å². The quantitative estimate of drug-likeness (QED) is 0.212. The highest BCUT2D eigenvalue weighted by atomic mass is 16.6. The van der Waals surface area contributed by atoms with Crippen molar-refractivity contribution in [1.29, 1.82) is 0 Å². The molecule has 0 spiro atoms. The molecule has 2 heterocycles. The Morgan fingerprint density at radius 2 is 1.81 bits per heavy atom. The average molecular weight is 501 g/mol. The van der Waals surface area contributed by atoms with Gasteiger partial charge in [0.15, 0.2) is 18.1 Å². The SMILES string of the molecule is COC(=O)COc1c(OC)cccc1C1CC(=O)Oc2c1c(C)cc1oc(=O)cc(-c3ccccc3)c21. The van der Waals surface area contributed by atoms with E-state index < -0.39 is 23.5 Å². The number of hydrogen-bond donors (Lipinski definition) is 0. The van der Waals surface area contributed by atoms with Crippen LogP contribution in [-0.2, 0) is 14.3 Å². The Balaban J connectivity index is 1.77. The van der Waals surface area contributed by atoms with Crippen LogP contribution in [0.1, 0.15) is 29.0 Å². The van der Waals surface area contributed by atoms with E-state index >= 15 is 0 Å². The third-order valence-electron chi connectivity index (χ3n) is 6.42. The normalized spacial score (nSPS) is 14.6. The summed E-state index contributed by atoms with van der Waals surface area (Å²) in [6.45, 7) is 1.54. The van der Waals surface area contributed by atoms with Crippen molar-refractivity contribution in [3.63, 3.8) is 0 Å². The van der Waals surface area contributed by atoms with Crippen LogP contribution in [0.5, 0.6) is 17.2 Å². The summed E-state index contributed by atoms with van der Waals surface area (Å²) in [7, 11) is 2.78. The first-order chi connectivity index (χ1) is 17.9. The second kappa shape index (κ2) is 9.81. The first-order valence-corrected chi connectivity index (χ1v) is 11.6. The molecule has 0 saturated heterocycles. The van der Waals surface area contributed by atoms with Crippen LogP contribution in [0.15, 0.2) is 69.9 Å². The number of carbonyl (C=O) groups is 2. The Morgan fingerprint density at radius 1 is 1.03 bits per heavy atom. The molecule has 1 atom stereocenters. The number of aryl methyl sites for hydroxylation is 1. The molecule has 3 aromatic carbocycles. The molecule has 37 heavy (non-hydrogen) atoms. The molecule has 1 aliphatic heterocycles. The Labute approximate surface area is 212 Å². The van der Waals surface area contributed by atoms with Gasteiger partial charge in [-0.1, -0.05) is 42.5 Å². The first-order valence-electron chi connectivity index (χ1n) is 11.6. The Hall–Kier alpha value is -4.59. The highest BCUT2D eigenvalue weighted by Gasteiger charge is 2.35. The Bertz CT molecular complexity index is 1570. The summed E-state index contributed by atoms with van der Waals surface area (Å²) in [5, 5.41) is 0.532. The van der Waals surface area contributed by atoms with Crippen LogP contribution < -0.4 is 19.8 Å². The van der Waals surface area contributed by atoms with Gasteiger partial charge >= 0.3 is 17.6 Å². The maximum Gasteiger partial charge on any atom is 0.343 e. The van der Waals surface area contributed by atoms with E-state index in [4.69, 9.17) is 23.4 Å². The molecule has 1 aromatic heterocycles. The standard InChI is InChI=1S/C29H24O8/c1-16-12-22-27(19(13-23(30)36-22)17-8-5-4-6-9-17)29-26(16)20(14-24(31)37-29)18-10-7-11-21(33-2)28(18)35-15-25(32)34-3/h4-13,20H,14-15H2,1-3H3. The molecule has 0 radical (unpaired) electrons. The minimum atomic E-state index is -0.551. The van der Waals surface area contributed by atoms with Crippen molar-refractivity contribution >= 4 is 22.9 Å². The number of rotatable bonds is 6. The lowest BCUT2D eigenvalue weighted by Crippen LogP contribution is -2.23. The fraction of sp³-hybridized carbons (Fsp3) is 0.207. The average Bonchev–Trinajstić information content (AvgIpc) is 2.90. The number of methoxy groups -OCH3 is 2. The van der Waals surface area contributed by atoms with Crippen molar-refractivity contribution in [2.24, 2.45) is 0 Å². The number of hydrogen-bond acceptors (Lipinski definition) is 8. The van der Waals surface area contributed by atoms with E-state index in [1.54, 1.807) is 18.2 Å². The number of fused-ring (bicyclic) bond motifs is 3. The van der Waals surface area contributed by atoms with E-state index in [2.05, 4.69) is 0 Å². The summed E-state index contributed by atoms with van der Waals surface area (Å²) in [4.78, 5) is 37.3. The topological polar surface area (TPSA) is 101 Å². The molecule has 8 nitrogen and oxygen atoms in total. The van der Waals surface area contributed by atoms with Crippen LogP contribution in [0.4, 0.5) is 0 Å². The second-order valence-corrected chi connectivity index (χ2v) is 8.63. The molecule has 0 fully saturated rings. The lowest BCUT2D eigenvalue weighted by Gasteiger charge is -2.29. The smallest absolute Gasteiger partial charge is 0.343 e. The van der Waals surface area contributed by atoms with Gasteiger partial charge in [-0.05, 0) is 30.2 Å². The van der Waals surface area contributed by atoms with Gasteiger partial charge in [0.25, 0.3) is 0 Å². The number of ether oxygens (including phenoxy) is 4. The summed E-state index contributed by atoms with van der Waals surface area (Å²) in [5.41, 5.74) is 3.39. The Kier molecular flexibility index (Phi) is 6.40. The predicted octanol–water partition coefficient (Wildman–Crippen LogP) is 4.77. The molecular formula is C29H24O8. The van der Waals surface area contributed by atoms with Crippen LogP contribution in [0.3, 0.4) is 0 Å². The fourth-order valence-corrected chi connectivity index (χ4v) is 4.82. The molecule has 0 N–H and O–H groups in total. The number of para-hydroxylation sites is 1. The van der Waals surface area contributed by atoms with Gasteiger partial charge in [0.05, 0.1) is 26.0 Å². The van der Waals surface area contributed by atoms with E-state index in [1.165, 1.54) is 20.3 Å². The molecule has 0 amide bonds. The third kappa shape index (κ3) is 4.42. The van der Waals surface area contributed by atoms with Gasteiger partial charge in [0.2, 0.25) is 0 Å². The molecule has 1 aliphatic rings. The van der Waals surface area contributed by atoms with Crippen molar-refractivity contribution in [3.05, 3.63) is 87.8 Å².